The molecule has 0 saturated heterocycles. The number of fused-ring (bicyclic) bond motifs is 1. The number of rotatable bonds is 5. The second-order valence-corrected chi connectivity index (χ2v) is 8.06. The average Bonchev–Trinajstić information content (AvgIpc) is 2.75. The average molecular weight is 544 g/mol. The van der Waals surface area contributed by atoms with Gasteiger partial charge in [0.2, 0.25) is 11.2 Å². The van der Waals surface area contributed by atoms with Crippen molar-refractivity contribution in [2.45, 2.75) is 12.8 Å². The van der Waals surface area contributed by atoms with Gasteiger partial charge in [0.1, 0.15) is 29.5 Å². The number of halogens is 6. The Morgan fingerprint density at radius 2 is 1.79 bits per heavy atom. The summed E-state index contributed by atoms with van der Waals surface area (Å²) in [7, 11) is 0. The molecule has 0 unspecified atom stereocenters. The molecule has 0 radical (unpaired) electrons. The Kier molecular flexibility index (Phi) is 6.36. The molecule has 0 aliphatic rings. The van der Waals surface area contributed by atoms with Crippen LogP contribution in [-0.2, 0) is 12.8 Å². The molecule has 33 heavy (non-hydrogen) atoms. The third-order valence-electron chi connectivity index (χ3n) is 4.54. The predicted octanol–water partition coefficient (Wildman–Crippen LogP) is 7.74. The minimum absolute atomic E-state index is 0.0192. The van der Waals surface area contributed by atoms with E-state index >= 15 is 0 Å². The summed E-state index contributed by atoms with van der Waals surface area (Å²) in [5, 5.41) is 0.00719. The second-order valence-electron chi connectivity index (χ2n) is 6.80. The molecule has 0 amide bonds. The molecule has 3 aromatic carbocycles. The smallest absolute Gasteiger partial charge is 0.453 e. The number of hydrogen-bond acceptors (Lipinski definition) is 4. The van der Waals surface area contributed by atoms with Crippen LogP contribution in [0.1, 0.15) is 11.3 Å². The van der Waals surface area contributed by atoms with Gasteiger partial charge in [0, 0.05) is 11.6 Å². The lowest BCUT2D eigenvalue weighted by Crippen LogP contribution is -2.15. The van der Waals surface area contributed by atoms with E-state index in [2.05, 4.69) is 15.9 Å². The molecule has 0 atom stereocenters. The van der Waals surface area contributed by atoms with Gasteiger partial charge in [-0.2, -0.15) is 13.2 Å². The standard InChI is InChI=1S/C23H12BrClF4O4/c24-16-3-1-2-4-18(16)32-21-20(30)15-8-7-14(10-19(15)33-22(21)23(27,28)29)31-11-12-5-6-13(26)9-17(12)25/h1-10H,11H2. The summed E-state index contributed by atoms with van der Waals surface area (Å²) in [6.45, 7) is -0.0792. The van der Waals surface area contributed by atoms with E-state index in [-0.39, 0.29) is 34.1 Å². The first-order chi connectivity index (χ1) is 15.6. The molecule has 1 heterocycles. The van der Waals surface area contributed by atoms with Crippen molar-refractivity contribution in [2.24, 2.45) is 0 Å². The van der Waals surface area contributed by atoms with Gasteiger partial charge in [-0.3, -0.25) is 4.79 Å². The van der Waals surface area contributed by atoms with Crippen LogP contribution in [0.4, 0.5) is 17.6 Å². The Balaban J connectivity index is 1.73. The van der Waals surface area contributed by atoms with E-state index in [0.29, 0.717) is 10.0 Å². The molecule has 4 rings (SSSR count). The lowest BCUT2D eigenvalue weighted by molar-refractivity contribution is -0.154. The highest BCUT2D eigenvalue weighted by atomic mass is 79.9. The fraction of sp³-hybridized carbons (Fsp3) is 0.0870. The van der Waals surface area contributed by atoms with Crippen molar-refractivity contribution in [1.29, 1.82) is 0 Å². The maximum atomic E-state index is 13.7. The van der Waals surface area contributed by atoms with E-state index in [4.69, 9.17) is 25.5 Å². The van der Waals surface area contributed by atoms with Gasteiger partial charge < -0.3 is 13.9 Å². The largest absolute Gasteiger partial charge is 0.489 e. The lowest BCUT2D eigenvalue weighted by Gasteiger charge is -2.14. The number of benzene rings is 3. The van der Waals surface area contributed by atoms with Crippen LogP contribution in [0.2, 0.25) is 5.02 Å². The first kappa shape index (κ1) is 23.1. The van der Waals surface area contributed by atoms with Gasteiger partial charge in [0.05, 0.1) is 14.9 Å². The zero-order valence-corrected chi connectivity index (χ0v) is 18.7. The molecular formula is C23H12BrClF4O4. The molecule has 0 fully saturated rings. The van der Waals surface area contributed by atoms with Crippen LogP contribution in [-0.4, -0.2) is 0 Å². The van der Waals surface area contributed by atoms with E-state index in [1.165, 1.54) is 30.3 Å². The second kappa shape index (κ2) is 9.07. The van der Waals surface area contributed by atoms with E-state index in [9.17, 15) is 22.4 Å². The Labute approximate surface area is 197 Å². The highest BCUT2D eigenvalue weighted by Gasteiger charge is 2.40. The molecule has 0 aliphatic carbocycles. The van der Waals surface area contributed by atoms with Gasteiger partial charge in [0.15, 0.2) is 0 Å². The van der Waals surface area contributed by atoms with E-state index in [0.717, 1.165) is 12.1 Å². The summed E-state index contributed by atoms with van der Waals surface area (Å²) in [4.78, 5) is 12.9. The van der Waals surface area contributed by atoms with Gasteiger partial charge in [-0.15, -0.1) is 0 Å². The predicted molar refractivity (Wildman–Crippen MR) is 117 cm³/mol. The molecule has 10 heteroatoms. The van der Waals surface area contributed by atoms with Crippen LogP contribution < -0.4 is 14.9 Å². The summed E-state index contributed by atoms with van der Waals surface area (Å²) < 4.78 is 70.6. The number of alkyl halides is 3. The van der Waals surface area contributed by atoms with E-state index in [1.807, 2.05) is 0 Å². The third kappa shape index (κ3) is 4.99. The van der Waals surface area contributed by atoms with Gasteiger partial charge >= 0.3 is 6.18 Å². The summed E-state index contributed by atoms with van der Waals surface area (Å²) >= 11 is 9.13. The minimum Gasteiger partial charge on any atom is -0.489 e. The lowest BCUT2D eigenvalue weighted by atomic mass is 10.2. The Morgan fingerprint density at radius 3 is 2.48 bits per heavy atom. The molecule has 0 saturated carbocycles. The fourth-order valence-electron chi connectivity index (χ4n) is 2.96. The quantitative estimate of drug-likeness (QED) is 0.242. The van der Waals surface area contributed by atoms with Gasteiger partial charge in [-0.1, -0.05) is 29.8 Å². The van der Waals surface area contributed by atoms with Crippen molar-refractivity contribution in [2.75, 3.05) is 0 Å². The highest BCUT2D eigenvalue weighted by Crippen LogP contribution is 2.40. The molecular weight excluding hydrogens is 532 g/mol. The molecule has 4 aromatic rings. The monoisotopic (exact) mass is 542 g/mol. The summed E-state index contributed by atoms with van der Waals surface area (Å²) in [6, 6.07) is 13.7. The van der Waals surface area contributed by atoms with Crippen molar-refractivity contribution < 1.29 is 31.5 Å². The first-order valence-corrected chi connectivity index (χ1v) is 10.5. The fourth-order valence-corrected chi connectivity index (χ4v) is 3.55. The van der Waals surface area contributed by atoms with Crippen LogP contribution >= 0.6 is 27.5 Å². The summed E-state index contributed by atoms with van der Waals surface area (Å²) in [5.74, 6) is -2.93. The Bertz CT molecular complexity index is 1400. The topological polar surface area (TPSA) is 48.7 Å². The van der Waals surface area contributed by atoms with Crippen molar-refractivity contribution in [1.82, 2.24) is 0 Å². The first-order valence-electron chi connectivity index (χ1n) is 9.30. The Morgan fingerprint density at radius 1 is 1.03 bits per heavy atom. The molecule has 0 bridgehead atoms. The van der Waals surface area contributed by atoms with Crippen molar-refractivity contribution in [3.05, 3.63) is 97.5 Å². The van der Waals surface area contributed by atoms with Crippen LogP contribution in [0.15, 0.2) is 74.3 Å². The highest BCUT2D eigenvalue weighted by molar-refractivity contribution is 9.10. The van der Waals surface area contributed by atoms with Crippen LogP contribution in [0, 0.1) is 5.82 Å². The molecule has 0 spiro atoms. The molecule has 0 aliphatic heterocycles. The number of para-hydroxylation sites is 1. The van der Waals surface area contributed by atoms with Crippen molar-refractivity contribution in [3.8, 4) is 17.2 Å². The molecule has 170 valence electrons. The summed E-state index contributed by atoms with van der Waals surface area (Å²) in [5.41, 5.74) is -0.866. The van der Waals surface area contributed by atoms with E-state index < -0.39 is 28.9 Å². The van der Waals surface area contributed by atoms with Gasteiger partial charge in [-0.05, 0) is 52.3 Å². The van der Waals surface area contributed by atoms with Crippen LogP contribution in [0.5, 0.6) is 17.2 Å². The molecule has 0 N–H and O–H groups in total. The summed E-state index contributed by atoms with van der Waals surface area (Å²) in [6.07, 6.45) is -5.00. The van der Waals surface area contributed by atoms with Gasteiger partial charge in [0.25, 0.3) is 5.76 Å². The third-order valence-corrected chi connectivity index (χ3v) is 5.54. The zero-order chi connectivity index (χ0) is 23.8. The molecule has 1 aromatic heterocycles. The SMILES string of the molecule is O=c1c(Oc2ccccc2Br)c(C(F)(F)F)oc2cc(OCc3ccc(F)cc3Cl)ccc12. The Hall–Kier alpha value is -3.04. The minimum atomic E-state index is -5.00. The maximum absolute atomic E-state index is 13.7. The van der Waals surface area contributed by atoms with Crippen molar-refractivity contribution >= 4 is 38.5 Å². The van der Waals surface area contributed by atoms with Crippen molar-refractivity contribution in [3.63, 3.8) is 0 Å². The zero-order valence-electron chi connectivity index (χ0n) is 16.4. The number of hydrogen-bond donors (Lipinski definition) is 0. The molecule has 4 nitrogen and oxygen atoms in total. The van der Waals surface area contributed by atoms with Gasteiger partial charge in [-0.25, -0.2) is 4.39 Å². The van der Waals surface area contributed by atoms with Crippen LogP contribution in [0.25, 0.3) is 11.0 Å². The normalized spacial score (nSPS) is 11.6. The maximum Gasteiger partial charge on any atom is 0.453 e. The van der Waals surface area contributed by atoms with Crippen LogP contribution in [0.3, 0.4) is 0 Å². The van der Waals surface area contributed by atoms with E-state index in [1.54, 1.807) is 18.2 Å². The number of ether oxygens (including phenoxy) is 2.